The lowest BCUT2D eigenvalue weighted by Crippen LogP contribution is -2.02. The normalized spacial score (nSPS) is 9.93. The summed E-state index contributed by atoms with van der Waals surface area (Å²) in [7, 11) is -6.00. The Hall–Kier alpha value is -1.65. The third-order valence-electron chi connectivity index (χ3n) is 1.41. The molecule has 0 atom stereocenters. The van der Waals surface area contributed by atoms with Gasteiger partial charge in [-0.1, -0.05) is 0 Å². The van der Waals surface area contributed by atoms with Crippen molar-refractivity contribution in [1.82, 2.24) is 4.98 Å². The van der Waals surface area contributed by atoms with E-state index in [1.165, 1.54) is 0 Å². The van der Waals surface area contributed by atoms with E-state index in [-0.39, 0.29) is 0 Å². The Morgan fingerprint density at radius 3 is 2.00 bits per heavy atom. The summed E-state index contributed by atoms with van der Waals surface area (Å²) in [6.07, 6.45) is 1.69. The van der Waals surface area contributed by atoms with E-state index in [2.05, 4.69) is 9.96 Å². The first-order valence-corrected chi connectivity index (χ1v) is 3.90. The Balaban J connectivity index is 0.000000336. The molecule has 0 amide bonds. The fourth-order valence-electron chi connectivity index (χ4n) is 0.838. The van der Waals surface area contributed by atoms with E-state index >= 15 is 0 Å². The molecule has 0 spiro atoms. The highest BCUT2D eigenvalue weighted by atomic mass is 19.5. The standard InChI is InChI=1S/C7H8N3.BF4/c1-5-3-4-9-6(2)7(5)10-8;2-1(3,4)5/h3-4H,1-2H3;/q+1;-1. The second-order valence-corrected chi connectivity index (χ2v) is 2.66. The number of hydrogen-bond donors (Lipinski definition) is 0. The first-order chi connectivity index (χ1) is 6.75. The Labute approximate surface area is 83.9 Å². The van der Waals surface area contributed by atoms with E-state index in [0.717, 1.165) is 11.3 Å². The lowest BCUT2D eigenvalue weighted by molar-refractivity contribution is 0.368. The maximum atomic E-state index is 9.75. The largest absolute Gasteiger partial charge is 0.673 e. The van der Waals surface area contributed by atoms with E-state index in [1.54, 1.807) is 6.20 Å². The van der Waals surface area contributed by atoms with Crippen molar-refractivity contribution in [3.05, 3.63) is 28.5 Å². The Kier molecular flexibility index (Phi) is 4.71. The maximum absolute atomic E-state index is 9.75. The van der Waals surface area contributed by atoms with Gasteiger partial charge in [0.1, 0.15) is 5.69 Å². The molecule has 0 aliphatic carbocycles. The minimum Gasteiger partial charge on any atom is -0.418 e. The van der Waals surface area contributed by atoms with E-state index in [9.17, 15) is 17.3 Å². The molecule has 0 fully saturated rings. The molecule has 8 heteroatoms. The Morgan fingerprint density at radius 1 is 1.27 bits per heavy atom. The van der Waals surface area contributed by atoms with Gasteiger partial charge in [0.25, 0.3) is 0 Å². The van der Waals surface area contributed by atoms with Crippen molar-refractivity contribution in [3.63, 3.8) is 0 Å². The van der Waals surface area contributed by atoms with Crippen LogP contribution in [0.4, 0.5) is 23.0 Å². The molecule has 1 heterocycles. The van der Waals surface area contributed by atoms with E-state index in [4.69, 9.17) is 5.39 Å². The number of halogens is 4. The zero-order valence-corrected chi connectivity index (χ0v) is 8.09. The summed E-state index contributed by atoms with van der Waals surface area (Å²) >= 11 is 0. The zero-order valence-electron chi connectivity index (χ0n) is 8.09. The van der Waals surface area contributed by atoms with Gasteiger partial charge in [0.15, 0.2) is 4.98 Å². The highest BCUT2D eigenvalue weighted by Gasteiger charge is 2.20. The third kappa shape index (κ3) is 6.43. The minimum atomic E-state index is -6.00. The Bertz CT molecular complexity index is 345. The van der Waals surface area contributed by atoms with Crippen LogP contribution in [0, 0.1) is 19.2 Å². The van der Waals surface area contributed by atoms with Crippen LogP contribution in [0.5, 0.6) is 0 Å². The van der Waals surface area contributed by atoms with Crippen molar-refractivity contribution in [2.24, 2.45) is 0 Å². The molecular formula is C7H8BF4N3. The molecule has 0 aliphatic heterocycles. The maximum Gasteiger partial charge on any atom is 0.673 e. The highest BCUT2D eigenvalue weighted by Crippen LogP contribution is 2.19. The summed E-state index contributed by atoms with van der Waals surface area (Å²) in [6, 6.07) is 1.81. The number of pyridine rings is 1. The molecule has 3 nitrogen and oxygen atoms in total. The van der Waals surface area contributed by atoms with Gasteiger partial charge in [-0.25, -0.2) is 0 Å². The van der Waals surface area contributed by atoms with E-state index in [0.29, 0.717) is 5.69 Å². The number of aryl methyl sites for hydroxylation is 2. The molecule has 1 aromatic rings. The molecule has 0 aliphatic rings. The second kappa shape index (κ2) is 5.29. The van der Waals surface area contributed by atoms with Gasteiger partial charge in [-0.15, -0.1) is 0 Å². The number of hydrogen-bond acceptors (Lipinski definition) is 2. The van der Waals surface area contributed by atoms with Gasteiger partial charge in [-0.2, -0.15) is 0 Å². The summed E-state index contributed by atoms with van der Waals surface area (Å²) < 4.78 is 39.0. The topological polar surface area (TPSA) is 41.0 Å². The zero-order chi connectivity index (χ0) is 12.1. The molecule has 0 radical (unpaired) electrons. The molecule has 15 heavy (non-hydrogen) atoms. The lowest BCUT2D eigenvalue weighted by atomic mass is 10.2. The van der Waals surface area contributed by atoms with Crippen LogP contribution in [-0.4, -0.2) is 12.2 Å². The molecule has 1 aromatic heterocycles. The first-order valence-electron chi connectivity index (χ1n) is 3.90. The number of diazo groups is 1. The van der Waals surface area contributed by atoms with Crippen molar-refractivity contribution in [2.75, 3.05) is 0 Å². The molecule has 82 valence electrons. The summed E-state index contributed by atoms with van der Waals surface area (Å²) in [4.78, 5) is 7.06. The van der Waals surface area contributed by atoms with Crippen LogP contribution in [0.1, 0.15) is 11.3 Å². The molecule has 1 rings (SSSR count). The van der Waals surface area contributed by atoms with Crippen LogP contribution < -0.4 is 0 Å². The molecule has 0 bridgehead atoms. The number of nitrogens with zero attached hydrogens (tertiary/aromatic N) is 3. The van der Waals surface area contributed by atoms with Crippen molar-refractivity contribution in [2.45, 2.75) is 13.8 Å². The van der Waals surface area contributed by atoms with Crippen molar-refractivity contribution < 1.29 is 17.3 Å². The summed E-state index contributed by atoms with van der Waals surface area (Å²) in [5.74, 6) is 0. The van der Waals surface area contributed by atoms with Crippen molar-refractivity contribution >= 4 is 12.9 Å². The molecule has 0 saturated carbocycles. The predicted octanol–water partition coefficient (Wildman–Crippen LogP) is 3.48. The van der Waals surface area contributed by atoms with Crippen LogP contribution in [0.2, 0.25) is 0 Å². The average Bonchev–Trinajstić information content (AvgIpc) is 2.01. The monoisotopic (exact) mass is 221 g/mol. The highest BCUT2D eigenvalue weighted by molar-refractivity contribution is 6.50. The summed E-state index contributed by atoms with van der Waals surface area (Å²) in [5.41, 5.74) is 2.26. The molecule has 0 N–H and O–H groups in total. The third-order valence-corrected chi connectivity index (χ3v) is 1.41. The number of aromatic nitrogens is 1. The van der Waals surface area contributed by atoms with Gasteiger partial charge in [0.2, 0.25) is 5.39 Å². The minimum absolute atomic E-state index is 0.572. The quantitative estimate of drug-likeness (QED) is 0.382. The van der Waals surface area contributed by atoms with Gasteiger partial charge in [-0.05, 0) is 19.9 Å². The van der Waals surface area contributed by atoms with Gasteiger partial charge in [0, 0.05) is 11.8 Å². The van der Waals surface area contributed by atoms with E-state index in [1.807, 2.05) is 19.9 Å². The second-order valence-electron chi connectivity index (χ2n) is 2.66. The first kappa shape index (κ1) is 13.4. The summed E-state index contributed by atoms with van der Waals surface area (Å²) in [5, 5.41) is 8.48. The van der Waals surface area contributed by atoms with E-state index < -0.39 is 7.25 Å². The molecule has 0 aromatic carbocycles. The van der Waals surface area contributed by atoms with Gasteiger partial charge in [0.05, 0.1) is 0 Å². The SMILES string of the molecule is Cc1ccnc(C)c1[N+]#N.F[B-](F)(F)F. The molecule has 0 unspecified atom stereocenters. The van der Waals surface area contributed by atoms with Crippen LogP contribution >= 0.6 is 0 Å². The predicted molar refractivity (Wildman–Crippen MR) is 48.6 cm³/mol. The van der Waals surface area contributed by atoms with Crippen LogP contribution in [0.3, 0.4) is 0 Å². The van der Waals surface area contributed by atoms with Crippen molar-refractivity contribution in [1.29, 1.82) is 5.39 Å². The fourth-order valence-corrected chi connectivity index (χ4v) is 0.838. The summed E-state index contributed by atoms with van der Waals surface area (Å²) in [6.45, 7) is 3.69. The number of rotatable bonds is 0. The van der Waals surface area contributed by atoms with Crippen molar-refractivity contribution in [3.8, 4) is 0 Å². The molecular weight excluding hydrogens is 213 g/mol. The van der Waals surface area contributed by atoms with Gasteiger partial charge >= 0.3 is 12.9 Å². The van der Waals surface area contributed by atoms with Crippen LogP contribution in [0.15, 0.2) is 12.3 Å². The van der Waals surface area contributed by atoms with Gasteiger partial charge < -0.3 is 17.3 Å². The van der Waals surface area contributed by atoms with Gasteiger partial charge in [-0.3, -0.25) is 4.98 Å². The fraction of sp³-hybridized carbons (Fsp3) is 0.286. The van der Waals surface area contributed by atoms with Crippen LogP contribution in [-0.2, 0) is 0 Å². The van der Waals surface area contributed by atoms with Crippen LogP contribution in [0.25, 0.3) is 4.98 Å². The average molecular weight is 221 g/mol. The molecule has 0 saturated heterocycles. The lowest BCUT2D eigenvalue weighted by Gasteiger charge is -1.94. The smallest absolute Gasteiger partial charge is 0.418 e. The Morgan fingerprint density at radius 2 is 1.73 bits per heavy atom.